The largest absolute Gasteiger partial charge is 0.344 e. The third-order valence-corrected chi connectivity index (χ3v) is 10.5. The average molecular weight is 644 g/mol. The Morgan fingerprint density at radius 3 is 2.11 bits per heavy atom. The first-order valence-corrected chi connectivity index (χ1v) is 18.2. The van der Waals surface area contributed by atoms with Crippen LogP contribution in [0.5, 0.6) is 0 Å². The van der Waals surface area contributed by atoms with Gasteiger partial charge in [-0.15, -0.1) is 0 Å². The van der Waals surface area contributed by atoms with E-state index in [2.05, 4.69) is 159 Å². The number of benzene rings is 4. The molecule has 6 rings (SSSR count). The van der Waals surface area contributed by atoms with Gasteiger partial charge in [0.25, 0.3) is 0 Å². The van der Waals surface area contributed by atoms with Gasteiger partial charge in [-0.05, 0) is 72.0 Å². The Hall–Kier alpha value is -4.06. The van der Waals surface area contributed by atoms with Crippen molar-refractivity contribution in [1.29, 1.82) is 0 Å². The molecule has 1 N–H and O–H groups in total. The minimum atomic E-state index is -1.75. The van der Waals surface area contributed by atoms with Crippen LogP contribution >= 0.6 is 0 Å². The molecule has 0 aromatic heterocycles. The quantitative estimate of drug-likeness (QED) is 0.0766. The molecule has 0 saturated heterocycles. The summed E-state index contributed by atoms with van der Waals surface area (Å²) in [5.74, 6) is 0.314. The fraction of sp³-hybridized carbons (Fsp3) is 0.310. The van der Waals surface area contributed by atoms with E-state index in [0.717, 1.165) is 25.9 Å². The number of hydrogen-bond donors (Lipinski definition) is 1. The normalized spacial score (nSPS) is 18.5. The summed E-state index contributed by atoms with van der Waals surface area (Å²) in [4.78, 5) is 2.42. The van der Waals surface area contributed by atoms with Gasteiger partial charge in [0.15, 0.2) is 16.8 Å². The van der Waals surface area contributed by atoms with E-state index < -0.39 is 11.1 Å². The van der Waals surface area contributed by atoms with Gasteiger partial charge in [0.05, 0.1) is 5.41 Å². The summed E-state index contributed by atoms with van der Waals surface area (Å²) in [5.41, 5.74) is 7.63. The smallest absolute Gasteiger partial charge is 0.210 e. The van der Waals surface area contributed by atoms with Crippen LogP contribution in [0.2, 0.25) is 0 Å². The number of rotatable bonds is 11. The first kappa shape index (κ1) is 32.9. The first-order chi connectivity index (χ1) is 22.7. The second-order valence-corrected chi connectivity index (χ2v) is 14.8. The lowest BCUT2D eigenvalue weighted by Crippen LogP contribution is -2.28. The zero-order valence-electron chi connectivity index (χ0n) is 28.4. The van der Waals surface area contributed by atoms with E-state index in [1.165, 1.54) is 55.5 Å². The molecule has 0 fully saturated rings. The summed E-state index contributed by atoms with van der Waals surface area (Å²) >= 11 is -1.75. The average Bonchev–Trinajstić information content (AvgIpc) is 3.41. The molecule has 0 aliphatic carbocycles. The fourth-order valence-electron chi connectivity index (χ4n) is 7.76. The van der Waals surface area contributed by atoms with E-state index in [0.29, 0.717) is 12.2 Å². The second kappa shape index (κ2) is 13.6. The van der Waals surface area contributed by atoms with Crippen LogP contribution in [0.25, 0.3) is 21.5 Å². The fourth-order valence-corrected chi connectivity index (χ4v) is 8.21. The lowest BCUT2D eigenvalue weighted by molar-refractivity contribution is -0.437. The van der Waals surface area contributed by atoms with Gasteiger partial charge in [-0.3, -0.25) is 0 Å². The Morgan fingerprint density at radius 1 is 0.766 bits per heavy atom. The maximum Gasteiger partial charge on any atom is 0.210 e. The lowest BCUT2D eigenvalue weighted by Gasteiger charge is -2.27. The lowest BCUT2D eigenvalue weighted by atomic mass is 9.79. The molecular weight excluding hydrogens is 597 g/mol. The van der Waals surface area contributed by atoms with Gasteiger partial charge >= 0.3 is 0 Å². The molecule has 1 atom stereocenters. The van der Waals surface area contributed by atoms with Gasteiger partial charge < -0.3 is 9.45 Å². The maximum atomic E-state index is 11.3. The monoisotopic (exact) mass is 643 g/mol. The van der Waals surface area contributed by atoms with E-state index in [-0.39, 0.29) is 10.8 Å². The van der Waals surface area contributed by atoms with Gasteiger partial charge in [0.1, 0.15) is 6.54 Å². The molecule has 4 nitrogen and oxygen atoms in total. The van der Waals surface area contributed by atoms with Gasteiger partial charge in [-0.25, -0.2) is 4.21 Å². The molecule has 2 heterocycles. The predicted molar refractivity (Wildman–Crippen MR) is 202 cm³/mol. The standard InChI is InChI=1S/C42H46N2O2S/c1-6-28-43-35-26-24-31-18-12-14-20-33(31)39(35)41(2,3)37(43)22-10-8-7-9-11-23-38-42(4,5)40-34-21-15-13-19-32(34)25-27-36(40)44(38)29-16-17-30-47(45)46/h7-15,18-27H,6,16-17,28-30H2,1-5H3/p+1. The van der Waals surface area contributed by atoms with Crippen molar-refractivity contribution in [2.75, 3.05) is 23.7 Å². The van der Waals surface area contributed by atoms with Crippen LogP contribution in [0, 0.1) is 0 Å². The van der Waals surface area contributed by atoms with Crippen molar-refractivity contribution in [3.05, 3.63) is 132 Å². The summed E-state index contributed by atoms with van der Waals surface area (Å²) in [6.45, 7) is 13.4. The maximum absolute atomic E-state index is 11.3. The van der Waals surface area contributed by atoms with Crippen LogP contribution in [0.15, 0.2) is 121 Å². The summed E-state index contributed by atoms with van der Waals surface area (Å²) in [5, 5.41) is 5.17. The number of allylic oxidation sites excluding steroid dienone is 8. The van der Waals surface area contributed by atoms with Gasteiger partial charge in [0.2, 0.25) is 5.69 Å². The molecule has 2 aliphatic rings. The molecule has 242 valence electrons. The van der Waals surface area contributed by atoms with Crippen LogP contribution in [0.3, 0.4) is 0 Å². The van der Waals surface area contributed by atoms with Crippen molar-refractivity contribution in [3.8, 4) is 0 Å². The molecule has 0 bridgehead atoms. The van der Waals surface area contributed by atoms with Crippen LogP contribution in [-0.2, 0) is 21.9 Å². The Kier molecular flexibility index (Phi) is 9.50. The Morgan fingerprint density at radius 2 is 1.40 bits per heavy atom. The molecule has 5 heteroatoms. The minimum Gasteiger partial charge on any atom is -0.344 e. The molecule has 4 aromatic rings. The van der Waals surface area contributed by atoms with Crippen molar-refractivity contribution >= 4 is 49.7 Å². The molecule has 2 aliphatic heterocycles. The minimum absolute atomic E-state index is 0.0983. The zero-order valence-corrected chi connectivity index (χ0v) is 29.2. The van der Waals surface area contributed by atoms with Crippen molar-refractivity contribution in [1.82, 2.24) is 0 Å². The summed E-state index contributed by atoms with van der Waals surface area (Å²) < 4.78 is 23.1. The van der Waals surface area contributed by atoms with Crippen LogP contribution in [0.4, 0.5) is 11.4 Å². The second-order valence-electron chi connectivity index (χ2n) is 13.7. The highest BCUT2D eigenvalue weighted by Gasteiger charge is 2.45. The van der Waals surface area contributed by atoms with E-state index in [1.807, 2.05) is 0 Å². The van der Waals surface area contributed by atoms with E-state index in [9.17, 15) is 8.76 Å². The molecule has 0 spiro atoms. The SMILES string of the molecule is CCC[N+]1=C(/C=C/C=C/C=C/C=C2\N(CCCCS(=O)O)c3ccc4ccccc4c3C2(C)C)C(C)(C)c2c1ccc1ccccc21. The predicted octanol–water partition coefficient (Wildman–Crippen LogP) is 10.1. The van der Waals surface area contributed by atoms with E-state index in [4.69, 9.17) is 0 Å². The number of fused-ring (bicyclic) bond motifs is 6. The van der Waals surface area contributed by atoms with Crippen LogP contribution < -0.4 is 4.90 Å². The molecule has 0 saturated carbocycles. The van der Waals surface area contributed by atoms with Gasteiger partial charge in [-0.1, -0.05) is 106 Å². The third-order valence-electron chi connectivity index (χ3n) is 9.86. The Labute approximate surface area is 282 Å². The van der Waals surface area contributed by atoms with Crippen LogP contribution in [0.1, 0.15) is 65.0 Å². The number of hydrogen-bond acceptors (Lipinski definition) is 2. The van der Waals surface area contributed by atoms with Crippen LogP contribution in [-0.4, -0.2) is 37.9 Å². The summed E-state index contributed by atoms with van der Waals surface area (Å²) in [6.07, 6.45) is 17.8. The number of nitrogens with zero attached hydrogens (tertiary/aromatic N) is 2. The first-order valence-electron chi connectivity index (χ1n) is 16.9. The topological polar surface area (TPSA) is 43.5 Å². The van der Waals surface area contributed by atoms with Gasteiger partial charge in [0, 0.05) is 53.2 Å². The highest BCUT2D eigenvalue weighted by molar-refractivity contribution is 7.79. The molecule has 4 aromatic carbocycles. The highest BCUT2D eigenvalue weighted by atomic mass is 32.2. The Bertz CT molecular complexity index is 1990. The highest BCUT2D eigenvalue weighted by Crippen LogP contribution is 2.51. The van der Waals surface area contributed by atoms with Crippen molar-refractivity contribution in [3.63, 3.8) is 0 Å². The molecule has 1 unspecified atom stereocenters. The van der Waals surface area contributed by atoms with Crippen molar-refractivity contribution in [2.24, 2.45) is 0 Å². The molecule has 0 amide bonds. The summed E-state index contributed by atoms with van der Waals surface area (Å²) in [6, 6.07) is 26.4. The van der Waals surface area contributed by atoms with E-state index >= 15 is 0 Å². The third kappa shape index (κ3) is 6.19. The number of unbranched alkanes of at least 4 members (excludes halogenated alkanes) is 1. The van der Waals surface area contributed by atoms with Crippen molar-refractivity contribution in [2.45, 2.75) is 64.7 Å². The summed E-state index contributed by atoms with van der Waals surface area (Å²) in [7, 11) is 0. The molecule has 0 radical (unpaired) electrons. The number of anilines is 1. The Balaban J connectivity index is 1.25. The van der Waals surface area contributed by atoms with Crippen molar-refractivity contribution < 1.29 is 13.3 Å². The molecular formula is C42H47N2O2S+. The van der Waals surface area contributed by atoms with Gasteiger partial charge in [-0.2, -0.15) is 4.58 Å². The molecule has 47 heavy (non-hydrogen) atoms. The van der Waals surface area contributed by atoms with E-state index in [1.54, 1.807) is 0 Å². The zero-order chi connectivity index (χ0) is 33.2.